The lowest BCUT2D eigenvalue weighted by atomic mass is 9.96. The van der Waals surface area contributed by atoms with E-state index in [4.69, 9.17) is 4.74 Å². The monoisotopic (exact) mass is 520 g/mol. The van der Waals surface area contributed by atoms with Gasteiger partial charge in [0.05, 0.1) is 34.9 Å². The van der Waals surface area contributed by atoms with Gasteiger partial charge in [0, 0.05) is 17.6 Å². The molecule has 0 aliphatic carbocycles. The summed E-state index contributed by atoms with van der Waals surface area (Å²) >= 11 is 3.30. The number of ether oxygens (including phenoxy) is 1. The average Bonchev–Trinajstić information content (AvgIpc) is 2.73. The van der Waals surface area contributed by atoms with E-state index in [1.165, 1.54) is 7.11 Å². The zero-order valence-corrected chi connectivity index (χ0v) is 18.9. The van der Waals surface area contributed by atoms with Crippen molar-refractivity contribution in [1.82, 2.24) is 0 Å². The van der Waals surface area contributed by atoms with Gasteiger partial charge >= 0.3 is 12.1 Å². The first kappa shape index (κ1) is 23.4. The molecule has 168 valence electrons. The maximum atomic E-state index is 13.0. The molecule has 0 spiro atoms. The number of sulfonamides is 1. The Morgan fingerprint density at radius 3 is 2.45 bits per heavy atom. The minimum absolute atomic E-state index is 0.220. The van der Waals surface area contributed by atoms with Gasteiger partial charge in [-0.25, -0.2) is 8.42 Å². The smallest absolute Gasteiger partial charge is 0.416 e. The van der Waals surface area contributed by atoms with E-state index < -0.39 is 26.7 Å². The predicted molar refractivity (Wildman–Crippen MR) is 113 cm³/mol. The molecule has 0 bridgehead atoms. The van der Waals surface area contributed by atoms with Crippen molar-refractivity contribution in [2.24, 2.45) is 5.92 Å². The molecule has 1 N–H and O–H groups in total. The van der Waals surface area contributed by atoms with E-state index in [-0.39, 0.29) is 17.6 Å². The van der Waals surface area contributed by atoms with Crippen LogP contribution >= 0.6 is 15.9 Å². The first-order chi connectivity index (χ1) is 14.5. The second-order valence-corrected chi connectivity index (χ2v) is 9.68. The van der Waals surface area contributed by atoms with Gasteiger partial charge in [-0.2, -0.15) is 13.2 Å². The first-order valence-electron chi connectivity index (χ1n) is 9.33. The van der Waals surface area contributed by atoms with Gasteiger partial charge in [0.15, 0.2) is 0 Å². The third-order valence-corrected chi connectivity index (χ3v) is 6.90. The molecular formula is C20H20BrF3N2O4S. The summed E-state index contributed by atoms with van der Waals surface area (Å²) in [4.78, 5) is 13.2. The number of nitrogens with one attached hydrogen (secondary N) is 1. The highest BCUT2D eigenvalue weighted by Crippen LogP contribution is 2.35. The van der Waals surface area contributed by atoms with Gasteiger partial charge in [-0.15, -0.1) is 0 Å². The maximum Gasteiger partial charge on any atom is 0.416 e. The Morgan fingerprint density at radius 2 is 1.84 bits per heavy atom. The molecule has 0 aromatic heterocycles. The van der Waals surface area contributed by atoms with Crippen LogP contribution in [0.3, 0.4) is 0 Å². The molecule has 0 radical (unpaired) electrons. The number of nitrogens with zero attached hydrogens (tertiary/aromatic N) is 1. The SMILES string of the molecule is COC(=O)C1CCN(c2ccc(Br)cc2NS(=O)(=O)c2cccc(C(F)(F)F)c2)CC1. The van der Waals surface area contributed by atoms with Crippen molar-refractivity contribution in [3.8, 4) is 0 Å². The fourth-order valence-electron chi connectivity index (χ4n) is 3.43. The largest absolute Gasteiger partial charge is 0.469 e. The van der Waals surface area contributed by atoms with Crippen molar-refractivity contribution in [2.75, 3.05) is 29.8 Å². The number of anilines is 2. The first-order valence-corrected chi connectivity index (χ1v) is 11.6. The normalized spacial score (nSPS) is 15.6. The summed E-state index contributed by atoms with van der Waals surface area (Å²) in [6, 6.07) is 8.58. The lowest BCUT2D eigenvalue weighted by Crippen LogP contribution is -2.37. The van der Waals surface area contributed by atoms with Gasteiger partial charge in [-0.05, 0) is 49.2 Å². The molecule has 1 heterocycles. The van der Waals surface area contributed by atoms with Gasteiger partial charge in [-0.1, -0.05) is 22.0 Å². The van der Waals surface area contributed by atoms with Crippen molar-refractivity contribution >= 4 is 43.3 Å². The molecule has 3 rings (SSSR count). The summed E-state index contributed by atoms with van der Waals surface area (Å²) in [5.74, 6) is -0.497. The third-order valence-electron chi connectivity index (χ3n) is 5.04. The standard InChI is InChI=1S/C20H20BrF3N2O4S/c1-30-19(27)13-7-9-26(10-8-13)18-6-5-15(21)12-17(18)25-31(28,29)16-4-2-3-14(11-16)20(22,23)24/h2-6,11-13,25H,7-10H2,1H3. The molecule has 1 aliphatic heterocycles. The molecule has 0 unspecified atom stereocenters. The summed E-state index contributed by atoms with van der Waals surface area (Å²) in [5.41, 5.74) is -0.250. The lowest BCUT2D eigenvalue weighted by Gasteiger charge is -2.33. The second kappa shape index (κ2) is 9.07. The Balaban J connectivity index is 1.87. The van der Waals surface area contributed by atoms with Crippen LogP contribution in [-0.4, -0.2) is 34.6 Å². The van der Waals surface area contributed by atoms with Crippen LogP contribution in [0.25, 0.3) is 0 Å². The molecule has 2 aromatic carbocycles. The van der Waals surface area contributed by atoms with Crippen molar-refractivity contribution in [1.29, 1.82) is 0 Å². The zero-order chi connectivity index (χ0) is 22.8. The number of methoxy groups -OCH3 is 1. The van der Waals surface area contributed by atoms with Crippen LogP contribution in [0.2, 0.25) is 0 Å². The lowest BCUT2D eigenvalue weighted by molar-refractivity contribution is -0.146. The minimum Gasteiger partial charge on any atom is -0.469 e. The van der Waals surface area contributed by atoms with Crippen LogP contribution in [0.1, 0.15) is 18.4 Å². The second-order valence-electron chi connectivity index (χ2n) is 7.08. The molecule has 0 atom stereocenters. The molecule has 31 heavy (non-hydrogen) atoms. The number of benzene rings is 2. The predicted octanol–water partition coefficient (Wildman–Crippen LogP) is 4.66. The number of hydrogen-bond donors (Lipinski definition) is 1. The molecular weight excluding hydrogens is 501 g/mol. The summed E-state index contributed by atoms with van der Waals surface area (Å²) in [5, 5.41) is 0. The molecule has 1 aliphatic rings. The number of halogens is 4. The van der Waals surface area contributed by atoms with Gasteiger partial charge in [0.2, 0.25) is 0 Å². The van der Waals surface area contributed by atoms with E-state index in [2.05, 4.69) is 20.7 Å². The molecule has 1 saturated heterocycles. The summed E-state index contributed by atoms with van der Waals surface area (Å²) in [7, 11) is -2.94. The van der Waals surface area contributed by atoms with Gasteiger partial charge in [-0.3, -0.25) is 9.52 Å². The van der Waals surface area contributed by atoms with Crippen LogP contribution < -0.4 is 9.62 Å². The zero-order valence-electron chi connectivity index (χ0n) is 16.4. The van der Waals surface area contributed by atoms with Crippen molar-refractivity contribution < 1.29 is 31.1 Å². The molecule has 2 aromatic rings. The van der Waals surface area contributed by atoms with Crippen LogP contribution in [0, 0.1) is 5.92 Å². The van der Waals surface area contributed by atoms with Crippen LogP contribution in [0.4, 0.5) is 24.5 Å². The average molecular weight is 521 g/mol. The quantitative estimate of drug-likeness (QED) is 0.580. The fourth-order valence-corrected chi connectivity index (χ4v) is 4.90. The van der Waals surface area contributed by atoms with Crippen molar-refractivity contribution in [3.05, 3.63) is 52.5 Å². The van der Waals surface area contributed by atoms with Gasteiger partial charge in [0.1, 0.15) is 0 Å². The van der Waals surface area contributed by atoms with Gasteiger partial charge < -0.3 is 9.64 Å². The Labute approximate surface area is 186 Å². The van der Waals surface area contributed by atoms with Crippen LogP contribution in [0.5, 0.6) is 0 Å². The minimum atomic E-state index is -4.66. The molecule has 6 nitrogen and oxygen atoms in total. The van der Waals surface area contributed by atoms with Crippen molar-refractivity contribution in [2.45, 2.75) is 23.9 Å². The van der Waals surface area contributed by atoms with Crippen LogP contribution in [-0.2, 0) is 25.7 Å². The van der Waals surface area contributed by atoms with Crippen LogP contribution in [0.15, 0.2) is 51.8 Å². The summed E-state index contributed by atoms with van der Waals surface area (Å²) in [6.07, 6.45) is -3.57. The Morgan fingerprint density at radius 1 is 1.16 bits per heavy atom. The highest BCUT2D eigenvalue weighted by atomic mass is 79.9. The number of esters is 1. The molecule has 1 fully saturated rings. The van der Waals surface area contributed by atoms with E-state index in [0.29, 0.717) is 42.2 Å². The summed E-state index contributed by atoms with van der Waals surface area (Å²) in [6.45, 7) is 0.999. The molecule has 0 amide bonds. The molecule has 11 heteroatoms. The number of piperidine rings is 1. The van der Waals surface area contributed by atoms with Crippen molar-refractivity contribution in [3.63, 3.8) is 0 Å². The Bertz CT molecular complexity index is 1070. The number of carbonyl (C=O) groups is 1. The van der Waals surface area contributed by atoms with E-state index >= 15 is 0 Å². The highest BCUT2D eigenvalue weighted by molar-refractivity contribution is 9.10. The Kier molecular flexibility index (Phi) is 6.85. The van der Waals surface area contributed by atoms with E-state index in [1.54, 1.807) is 18.2 Å². The third kappa shape index (κ3) is 5.51. The fraction of sp³-hybridized carbons (Fsp3) is 0.350. The van der Waals surface area contributed by atoms with Gasteiger partial charge in [0.25, 0.3) is 10.0 Å². The van der Waals surface area contributed by atoms with E-state index in [1.807, 2.05) is 4.90 Å². The maximum absolute atomic E-state index is 13.0. The Hall–Kier alpha value is -2.27. The highest BCUT2D eigenvalue weighted by Gasteiger charge is 2.32. The van der Waals surface area contributed by atoms with E-state index in [9.17, 15) is 26.4 Å². The topological polar surface area (TPSA) is 75.7 Å². The number of hydrogen-bond acceptors (Lipinski definition) is 5. The summed E-state index contributed by atoms with van der Waals surface area (Å²) < 4.78 is 72.4. The number of carbonyl (C=O) groups excluding carboxylic acids is 1. The number of alkyl halides is 3. The number of rotatable bonds is 5. The van der Waals surface area contributed by atoms with E-state index in [0.717, 1.165) is 18.2 Å². The molecule has 0 saturated carbocycles.